The molecule has 0 aliphatic heterocycles. The number of hydrazone groups is 2. The molecule has 0 aromatic rings. The Morgan fingerprint density at radius 3 is 1.04 bits per heavy atom. The molecule has 0 aliphatic carbocycles. The van der Waals surface area contributed by atoms with Gasteiger partial charge in [-0.25, -0.2) is 0 Å². The Morgan fingerprint density at radius 2 is 0.815 bits per heavy atom. The van der Waals surface area contributed by atoms with Crippen molar-refractivity contribution in [1.82, 2.24) is 8.12 Å². The molecule has 0 amide bonds. The van der Waals surface area contributed by atoms with Gasteiger partial charge in [-0.15, -0.1) is 0 Å². The van der Waals surface area contributed by atoms with Crippen LogP contribution < -0.4 is 0 Å². The Hall–Kier alpha value is -1.21. The van der Waals surface area contributed by atoms with E-state index < -0.39 is 0 Å². The summed E-state index contributed by atoms with van der Waals surface area (Å²) in [6, 6.07) is 0. The Morgan fingerprint density at radius 1 is 0.519 bits per heavy atom. The van der Waals surface area contributed by atoms with E-state index in [9.17, 15) is 0 Å². The molecule has 0 heterocycles. The van der Waals surface area contributed by atoms with E-state index in [2.05, 4.69) is 103 Å². The van der Waals surface area contributed by atoms with Gasteiger partial charge in [0.15, 0.2) is 0 Å². The molecule has 0 aromatic carbocycles. The predicted molar refractivity (Wildman–Crippen MR) is 117 cm³/mol. The van der Waals surface area contributed by atoms with Crippen LogP contribution in [0.4, 0.5) is 0 Å². The maximum atomic E-state index is 4.61. The topological polar surface area (TPSA) is 55.9 Å². The second-order valence-electron chi connectivity index (χ2n) is 10.3. The van der Waals surface area contributed by atoms with Crippen molar-refractivity contribution in [2.24, 2.45) is 20.2 Å². The van der Waals surface area contributed by atoms with Gasteiger partial charge in [-0.1, -0.05) is 0 Å². The van der Waals surface area contributed by atoms with Crippen LogP contribution in [0.1, 0.15) is 83.1 Å². The van der Waals surface area contributed by atoms with Gasteiger partial charge in [0, 0.05) is 0 Å². The molecular formula is C20H40CoN6. The molecule has 7 heteroatoms. The molecule has 0 radical (unpaired) electrons. The molecule has 0 aliphatic rings. The van der Waals surface area contributed by atoms with Gasteiger partial charge >= 0.3 is 174 Å². The van der Waals surface area contributed by atoms with Crippen LogP contribution in [0.5, 0.6) is 0 Å². The summed E-state index contributed by atoms with van der Waals surface area (Å²) in [7, 11) is 0. The van der Waals surface area contributed by atoms with Gasteiger partial charge in [-0.3, -0.25) is 0 Å². The predicted octanol–water partition coefficient (Wildman–Crippen LogP) is 4.81. The summed E-state index contributed by atoms with van der Waals surface area (Å²) in [5, 5.41) is 9.23. The fraction of sp³-hybridized carbons (Fsp3) is 0.800. The normalized spacial score (nSPS) is 15.1. The second kappa shape index (κ2) is 9.82. The molecule has 27 heavy (non-hydrogen) atoms. The number of hydrogen-bond acceptors (Lipinski definition) is 6. The first kappa shape index (κ1) is 25.8. The monoisotopic (exact) mass is 423 g/mol. The Balaban J connectivity index is 5.40. The summed E-state index contributed by atoms with van der Waals surface area (Å²) >= 11 is 0.902. The number of rotatable bonds is 6. The van der Waals surface area contributed by atoms with Crippen LogP contribution >= 0.6 is 0 Å². The summed E-state index contributed by atoms with van der Waals surface area (Å²) in [6.07, 6.45) is 7.01. The van der Waals surface area contributed by atoms with Crippen molar-refractivity contribution in [3.05, 3.63) is 0 Å². The third-order valence-corrected chi connectivity index (χ3v) is 4.59. The second-order valence-corrected chi connectivity index (χ2v) is 11.4. The van der Waals surface area contributed by atoms with Gasteiger partial charge in [0.2, 0.25) is 0 Å². The van der Waals surface area contributed by atoms with Crippen molar-refractivity contribution in [3.63, 3.8) is 0 Å². The number of nitrogens with zero attached hydrogens (tertiary/aromatic N) is 6. The van der Waals surface area contributed by atoms with Gasteiger partial charge in [-0.2, -0.15) is 0 Å². The molecule has 0 unspecified atom stereocenters. The van der Waals surface area contributed by atoms with E-state index >= 15 is 0 Å². The molecule has 6 nitrogen and oxygen atoms in total. The van der Waals surface area contributed by atoms with Crippen LogP contribution in [0.25, 0.3) is 0 Å². The van der Waals surface area contributed by atoms with Crippen molar-refractivity contribution in [1.29, 1.82) is 0 Å². The first-order chi connectivity index (χ1) is 11.9. The van der Waals surface area contributed by atoms with Gasteiger partial charge < -0.3 is 0 Å². The summed E-state index contributed by atoms with van der Waals surface area (Å²) in [5.41, 5.74) is -0.538. The van der Waals surface area contributed by atoms with Gasteiger partial charge in [-0.05, 0) is 0 Å². The van der Waals surface area contributed by atoms with Crippen LogP contribution in [-0.4, -0.2) is 55.1 Å². The zero-order valence-electron chi connectivity index (χ0n) is 19.3. The van der Waals surface area contributed by atoms with Crippen molar-refractivity contribution in [3.8, 4) is 0 Å². The molecule has 0 saturated carbocycles. The zero-order chi connectivity index (χ0) is 21.5. The van der Waals surface area contributed by atoms with Gasteiger partial charge in [0.1, 0.15) is 0 Å². The molecule has 0 rings (SSSR count). The first-order valence-electron chi connectivity index (χ1n) is 9.29. The quantitative estimate of drug-likeness (QED) is 0.455. The molecular weight excluding hydrogens is 383 g/mol. The van der Waals surface area contributed by atoms with Crippen LogP contribution in [-0.2, 0) is 15.1 Å². The fourth-order valence-corrected chi connectivity index (χ4v) is 2.38. The van der Waals surface area contributed by atoms with Crippen molar-refractivity contribution < 1.29 is 15.1 Å². The van der Waals surface area contributed by atoms with Gasteiger partial charge in [0.25, 0.3) is 0 Å². The van der Waals surface area contributed by atoms with Crippen molar-refractivity contribution in [2.45, 2.75) is 105 Å². The van der Waals surface area contributed by atoms with Crippen LogP contribution in [0, 0.1) is 0 Å². The van der Waals surface area contributed by atoms with E-state index in [-0.39, 0.29) is 22.2 Å². The average Bonchev–Trinajstić information content (AvgIpc) is 2.39. The third-order valence-electron chi connectivity index (χ3n) is 2.56. The summed E-state index contributed by atoms with van der Waals surface area (Å²) < 4.78 is 3.98. The average molecular weight is 424 g/mol. The van der Waals surface area contributed by atoms with E-state index in [0.29, 0.717) is 0 Å². The number of aliphatic imine (C=N–C) groups is 2. The van der Waals surface area contributed by atoms with Crippen molar-refractivity contribution in [2.75, 3.05) is 0 Å². The van der Waals surface area contributed by atoms with Gasteiger partial charge in [0.05, 0.1) is 0 Å². The zero-order valence-corrected chi connectivity index (χ0v) is 20.4. The molecule has 0 spiro atoms. The molecule has 159 valence electrons. The third kappa shape index (κ3) is 13.6. The van der Waals surface area contributed by atoms with Crippen LogP contribution in [0.2, 0.25) is 0 Å². The Bertz CT molecular complexity index is 501. The molecule has 0 aromatic heterocycles. The molecule has 0 fully saturated rings. The molecule has 0 saturated heterocycles. The SMILES string of the molecule is CC(C)(C)N=CC=N[N]([Co][N](N=CC=NC(C)(C)C)C(C)(C)C)C(C)(C)C. The summed E-state index contributed by atoms with van der Waals surface area (Å²) in [6.45, 7) is 25.1. The minimum atomic E-state index is -0.162. The Labute approximate surface area is 173 Å². The molecule has 0 atom stereocenters. The molecule has 0 bridgehead atoms. The van der Waals surface area contributed by atoms with E-state index in [1.807, 2.05) is 8.12 Å². The van der Waals surface area contributed by atoms with Crippen LogP contribution in [0.15, 0.2) is 20.2 Å². The standard InChI is InChI=1S/2C10H20N3.Co/c2*1-9(2,3)11-7-8-12-13-10(4,5)6;/h2*7-8H,1-6H3;/q2*-1;+2. The van der Waals surface area contributed by atoms with Crippen molar-refractivity contribution >= 4 is 24.9 Å². The molecule has 0 N–H and O–H groups in total. The first-order valence-corrected chi connectivity index (χ1v) is 10.2. The van der Waals surface area contributed by atoms with E-state index in [1.165, 1.54) is 0 Å². The van der Waals surface area contributed by atoms with E-state index in [1.54, 1.807) is 24.9 Å². The minimum absolute atomic E-state index is 0.107. The van der Waals surface area contributed by atoms with Crippen LogP contribution in [0.3, 0.4) is 0 Å². The maximum absolute atomic E-state index is 4.61. The van der Waals surface area contributed by atoms with E-state index in [0.717, 1.165) is 15.1 Å². The summed E-state index contributed by atoms with van der Waals surface area (Å²) in [5.74, 6) is 0. The Kier molecular flexibility index (Phi) is 9.38. The summed E-state index contributed by atoms with van der Waals surface area (Å²) in [4.78, 5) is 8.91. The number of hydrogen-bond donors (Lipinski definition) is 0. The fourth-order valence-electron chi connectivity index (χ4n) is 1.33. The van der Waals surface area contributed by atoms with E-state index in [4.69, 9.17) is 0 Å².